The standard InChI is InChI=1S/C11H16N2O3/c1-16-7-3-2-5-13-10-8-12-6-4-9(10)11(14)15/h4,6,8,13H,2-3,5,7H2,1H3,(H,14,15). The highest BCUT2D eigenvalue weighted by Gasteiger charge is 2.08. The Morgan fingerprint density at radius 3 is 3.06 bits per heavy atom. The van der Waals surface area contributed by atoms with Gasteiger partial charge in [0.05, 0.1) is 17.4 Å². The zero-order valence-electron chi connectivity index (χ0n) is 9.27. The van der Waals surface area contributed by atoms with Gasteiger partial charge in [-0.2, -0.15) is 0 Å². The molecule has 0 aliphatic heterocycles. The first kappa shape index (κ1) is 12.4. The molecule has 0 aliphatic carbocycles. The van der Waals surface area contributed by atoms with Crippen molar-refractivity contribution >= 4 is 11.7 Å². The number of unbranched alkanes of at least 4 members (excludes halogenated alkanes) is 1. The van der Waals surface area contributed by atoms with Crippen molar-refractivity contribution in [3.8, 4) is 0 Å². The van der Waals surface area contributed by atoms with Gasteiger partial charge in [0.2, 0.25) is 0 Å². The lowest BCUT2D eigenvalue weighted by Gasteiger charge is -2.08. The van der Waals surface area contributed by atoms with E-state index in [1.807, 2.05) is 0 Å². The van der Waals surface area contributed by atoms with Crippen molar-refractivity contribution in [1.29, 1.82) is 0 Å². The quantitative estimate of drug-likeness (QED) is 0.688. The molecule has 5 nitrogen and oxygen atoms in total. The Balaban J connectivity index is 2.44. The van der Waals surface area contributed by atoms with Gasteiger partial charge in [-0.3, -0.25) is 4.98 Å². The van der Waals surface area contributed by atoms with Crippen LogP contribution in [0.2, 0.25) is 0 Å². The van der Waals surface area contributed by atoms with Crippen LogP contribution in [0.3, 0.4) is 0 Å². The largest absolute Gasteiger partial charge is 0.478 e. The SMILES string of the molecule is COCCCCNc1cnccc1C(=O)O. The molecule has 1 aromatic heterocycles. The minimum absolute atomic E-state index is 0.252. The number of rotatable bonds is 7. The summed E-state index contributed by atoms with van der Waals surface area (Å²) in [5.74, 6) is -0.943. The summed E-state index contributed by atoms with van der Waals surface area (Å²) < 4.78 is 4.92. The van der Waals surface area contributed by atoms with E-state index in [-0.39, 0.29) is 5.56 Å². The van der Waals surface area contributed by atoms with Crippen molar-refractivity contribution in [3.63, 3.8) is 0 Å². The minimum atomic E-state index is -0.943. The van der Waals surface area contributed by atoms with E-state index in [2.05, 4.69) is 10.3 Å². The van der Waals surface area contributed by atoms with Crippen LogP contribution in [0.4, 0.5) is 5.69 Å². The van der Waals surface area contributed by atoms with Gasteiger partial charge in [-0.15, -0.1) is 0 Å². The Labute approximate surface area is 94.5 Å². The molecule has 0 unspecified atom stereocenters. The lowest BCUT2D eigenvalue weighted by Crippen LogP contribution is -2.08. The van der Waals surface area contributed by atoms with E-state index in [9.17, 15) is 4.79 Å². The topological polar surface area (TPSA) is 71.5 Å². The molecule has 0 saturated heterocycles. The molecule has 5 heteroatoms. The molecule has 0 saturated carbocycles. The number of pyridine rings is 1. The van der Waals surface area contributed by atoms with E-state index in [1.165, 1.54) is 18.5 Å². The molecule has 88 valence electrons. The summed E-state index contributed by atoms with van der Waals surface area (Å²) in [7, 11) is 1.66. The number of aromatic carboxylic acids is 1. The van der Waals surface area contributed by atoms with Crippen molar-refractivity contribution in [1.82, 2.24) is 4.98 Å². The second-order valence-corrected chi connectivity index (χ2v) is 3.35. The Morgan fingerprint density at radius 1 is 1.56 bits per heavy atom. The summed E-state index contributed by atoms with van der Waals surface area (Å²) in [6.07, 6.45) is 4.88. The molecular weight excluding hydrogens is 208 g/mol. The summed E-state index contributed by atoms with van der Waals surface area (Å²) in [6.45, 7) is 1.44. The average molecular weight is 224 g/mol. The van der Waals surface area contributed by atoms with Crippen LogP contribution in [0.15, 0.2) is 18.5 Å². The predicted molar refractivity (Wildman–Crippen MR) is 60.8 cm³/mol. The van der Waals surface area contributed by atoms with E-state index in [4.69, 9.17) is 9.84 Å². The second kappa shape index (κ2) is 6.79. The van der Waals surface area contributed by atoms with E-state index in [0.29, 0.717) is 5.69 Å². The summed E-state index contributed by atoms with van der Waals surface area (Å²) in [5, 5.41) is 12.0. The van der Waals surface area contributed by atoms with Gasteiger partial charge in [0.15, 0.2) is 0 Å². The summed E-state index contributed by atoms with van der Waals surface area (Å²) in [5.41, 5.74) is 0.814. The Morgan fingerprint density at radius 2 is 2.38 bits per heavy atom. The van der Waals surface area contributed by atoms with Gasteiger partial charge in [-0.1, -0.05) is 0 Å². The molecule has 0 aliphatic rings. The van der Waals surface area contributed by atoms with Gasteiger partial charge in [0, 0.05) is 26.5 Å². The number of hydrogen-bond acceptors (Lipinski definition) is 4. The number of nitrogens with zero attached hydrogens (tertiary/aromatic N) is 1. The number of carboxylic acids is 1. The number of carboxylic acid groups (broad SMARTS) is 1. The zero-order valence-corrected chi connectivity index (χ0v) is 9.27. The second-order valence-electron chi connectivity index (χ2n) is 3.35. The number of methoxy groups -OCH3 is 1. The first-order valence-corrected chi connectivity index (χ1v) is 5.16. The number of anilines is 1. The fraction of sp³-hybridized carbons (Fsp3) is 0.455. The monoisotopic (exact) mass is 224 g/mol. The lowest BCUT2D eigenvalue weighted by atomic mass is 10.2. The molecule has 1 rings (SSSR count). The normalized spacial score (nSPS) is 10.1. The maximum absolute atomic E-state index is 10.9. The van der Waals surface area contributed by atoms with Crippen molar-refractivity contribution in [3.05, 3.63) is 24.0 Å². The summed E-state index contributed by atoms with van der Waals surface area (Å²) in [6, 6.07) is 1.49. The number of hydrogen-bond donors (Lipinski definition) is 2. The molecule has 0 aromatic carbocycles. The lowest BCUT2D eigenvalue weighted by molar-refractivity contribution is 0.0698. The van der Waals surface area contributed by atoms with Crippen molar-refractivity contribution < 1.29 is 14.6 Å². The van der Waals surface area contributed by atoms with Crippen LogP contribution in [0.25, 0.3) is 0 Å². The maximum atomic E-state index is 10.9. The molecule has 0 bridgehead atoms. The molecule has 0 radical (unpaired) electrons. The highest BCUT2D eigenvalue weighted by atomic mass is 16.5. The molecule has 1 heterocycles. The predicted octanol–water partition coefficient (Wildman–Crippen LogP) is 1.62. The van der Waals surface area contributed by atoms with Crippen molar-refractivity contribution in [2.75, 3.05) is 25.6 Å². The Bertz CT molecular complexity index is 342. The molecule has 16 heavy (non-hydrogen) atoms. The summed E-state index contributed by atoms with van der Waals surface area (Å²) >= 11 is 0. The number of ether oxygens (including phenoxy) is 1. The highest BCUT2D eigenvalue weighted by molar-refractivity contribution is 5.93. The van der Waals surface area contributed by atoms with Crippen LogP contribution in [-0.2, 0) is 4.74 Å². The van der Waals surface area contributed by atoms with Crippen LogP contribution >= 0.6 is 0 Å². The van der Waals surface area contributed by atoms with Gasteiger partial charge in [0.1, 0.15) is 0 Å². The maximum Gasteiger partial charge on any atom is 0.337 e. The average Bonchev–Trinajstić information content (AvgIpc) is 2.29. The van der Waals surface area contributed by atoms with Gasteiger partial charge in [-0.25, -0.2) is 4.79 Å². The third-order valence-electron chi connectivity index (χ3n) is 2.14. The molecular formula is C11H16N2O3. The third kappa shape index (κ3) is 3.86. The number of carbonyl (C=O) groups is 1. The molecule has 0 spiro atoms. The van der Waals surface area contributed by atoms with Crippen LogP contribution in [0.1, 0.15) is 23.2 Å². The van der Waals surface area contributed by atoms with Crippen LogP contribution in [0.5, 0.6) is 0 Å². The first-order valence-electron chi connectivity index (χ1n) is 5.16. The van der Waals surface area contributed by atoms with Gasteiger partial charge in [-0.05, 0) is 18.9 Å². The highest BCUT2D eigenvalue weighted by Crippen LogP contribution is 2.13. The van der Waals surface area contributed by atoms with E-state index in [1.54, 1.807) is 7.11 Å². The van der Waals surface area contributed by atoms with Crippen LogP contribution in [0, 0.1) is 0 Å². The minimum Gasteiger partial charge on any atom is -0.478 e. The zero-order chi connectivity index (χ0) is 11.8. The fourth-order valence-corrected chi connectivity index (χ4v) is 1.32. The van der Waals surface area contributed by atoms with E-state index >= 15 is 0 Å². The van der Waals surface area contributed by atoms with Gasteiger partial charge in [0.25, 0.3) is 0 Å². The van der Waals surface area contributed by atoms with Gasteiger partial charge >= 0.3 is 5.97 Å². The molecule has 2 N–H and O–H groups in total. The molecule has 0 atom stereocenters. The fourth-order valence-electron chi connectivity index (χ4n) is 1.32. The number of aromatic nitrogens is 1. The number of nitrogens with one attached hydrogen (secondary N) is 1. The van der Waals surface area contributed by atoms with Crippen molar-refractivity contribution in [2.24, 2.45) is 0 Å². The summed E-state index contributed by atoms with van der Waals surface area (Å²) in [4.78, 5) is 14.8. The molecule has 0 fully saturated rings. The van der Waals surface area contributed by atoms with E-state index < -0.39 is 5.97 Å². The van der Waals surface area contributed by atoms with Crippen LogP contribution in [-0.4, -0.2) is 36.3 Å². The first-order chi connectivity index (χ1) is 7.75. The Kier molecular flexibility index (Phi) is 5.28. The molecule has 0 amide bonds. The smallest absolute Gasteiger partial charge is 0.337 e. The van der Waals surface area contributed by atoms with Gasteiger partial charge < -0.3 is 15.2 Å². The van der Waals surface area contributed by atoms with Crippen molar-refractivity contribution in [2.45, 2.75) is 12.8 Å². The van der Waals surface area contributed by atoms with Crippen LogP contribution < -0.4 is 5.32 Å². The molecule has 1 aromatic rings. The van der Waals surface area contributed by atoms with E-state index in [0.717, 1.165) is 26.0 Å². The Hall–Kier alpha value is -1.62. The third-order valence-corrected chi connectivity index (χ3v) is 2.14.